The molecule has 0 aromatic heterocycles. The Morgan fingerprint density at radius 2 is 1.71 bits per heavy atom. The van der Waals surface area contributed by atoms with Crippen molar-refractivity contribution in [2.45, 2.75) is 13.8 Å². The van der Waals surface area contributed by atoms with Crippen molar-refractivity contribution in [2.24, 2.45) is 0 Å². The second-order valence-corrected chi connectivity index (χ2v) is 5.75. The maximum absolute atomic E-state index is 3.55. The number of para-hydroxylation sites is 1. The fourth-order valence-electron chi connectivity index (χ4n) is 2.83. The van der Waals surface area contributed by atoms with Crippen molar-refractivity contribution in [3.63, 3.8) is 0 Å². The Bertz CT molecular complexity index is 688. The van der Waals surface area contributed by atoms with Crippen molar-refractivity contribution >= 4 is 43.8 Å². The molecule has 0 aliphatic carbocycles. The fraction of sp³-hybridized carbons (Fsp3) is 0.222. The molecule has 3 heteroatoms. The van der Waals surface area contributed by atoms with Crippen LogP contribution in [0.1, 0.15) is 25.0 Å². The van der Waals surface area contributed by atoms with Gasteiger partial charge < -0.3 is 10.2 Å². The van der Waals surface area contributed by atoms with Crippen molar-refractivity contribution in [2.75, 3.05) is 23.3 Å². The molecule has 1 unspecified atom stereocenters. The van der Waals surface area contributed by atoms with E-state index in [-0.39, 0.29) is 0 Å². The lowest BCUT2D eigenvalue weighted by Crippen LogP contribution is -2.26. The summed E-state index contributed by atoms with van der Waals surface area (Å²) in [5.41, 5.74) is 6.09. The molecular weight excluding hydrogens is 275 g/mol. The Labute approximate surface area is 129 Å². The van der Waals surface area contributed by atoms with Gasteiger partial charge in [0.15, 0.2) is 0 Å². The molecule has 1 aliphatic heterocycles. The normalized spacial score (nSPS) is 12.1. The zero-order valence-electron chi connectivity index (χ0n) is 12.6. The first-order chi connectivity index (χ1) is 10.2. The highest BCUT2D eigenvalue weighted by atomic mass is 31.0. The van der Waals surface area contributed by atoms with Gasteiger partial charge in [-0.25, -0.2) is 0 Å². The summed E-state index contributed by atoms with van der Waals surface area (Å²) in [4.78, 5) is 2.38. The summed E-state index contributed by atoms with van der Waals surface area (Å²) < 4.78 is 0. The first kappa shape index (κ1) is 14.2. The van der Waals surface area contributed by atoms with E-state index in [1.807, 2.05) is 0 Å². The maximum Gasteiger partial charge on any atom is 0.0465 e. The van der Waals surface area contributed by atoms with E-state index in [9.17, 15) is 0 Å². The van der Waals surface area contributed by atoms with E-state index in [0.29, 0.717) is 0 Å². The van der Waals surface area contributed by atoms with Crippen LogP contribution in [0.25, 0.3) is 12.2 Å². The number of hydrogen-bond acceptors (Lipinski definition) is 2. The molecule has 2 nitrogen and oxygen atoms in total. The maximum atomic E-state index is 3.55. The van der Waals surface area contributed by atoms with Gasteiger partial charge in [-0.1, -0.05) is 30.4 Å². The minimum atomic E-state index is 1.02. The second kappa shape index (κ2) is 5.91. The van der Waals surface area contributed by atoms with E-state index in [1.54, 1.807) is 0 Å². The van der Waals surface area contributed by atoms with Crippen LogP contribution < -0.4 is 15.5 Å². The summed E-state index contributed by atoms with van der Waals surface area (Å²) in [7, 11) is 2.92. The molecule has 0 saturated carbocycles. The SMILES string of the molecule is CCN(CC)c1ccc2c(c1P)C=Cc1ccccc1N2. The zero-order valence-corrected chi connectivity index (χ0v) is 13.7. The summed E-state index contributed by atoms with van der Waals surface area (Å²) in [6, 6.07) is 12.8. The zero-order chi connectivity index (χ0) is 14.8. The first-order valence-electron chi connectivity index (χ1n) is 7.46. The monoisotopic (exact) mass is 296 g/mol. The lowest BCUT2D eigenvalue weighted by atomic mass is 10.1. The van der Waals surface area contributed by atoms with Crippen molar-refractivity contribution in [1.82, 2.24) is 0 Å². The van der Waals surface area contributed by atoms with Crippen LogP contribution in [-0.2, 0) is 0 Å². The minimum absolute atomic E-state index is 1.02. The average Bonchev–Trinajstić information content (AvgIpc) is 2.70. The van der Waals surface area contributed by atoms with Crippen molar-refractivity contribution in [3.05, 3.63) is 47.5 Å². The summed E-state index contributed by atoms with van der Waals surface area (Å²) in [5, 5.41) is 4.81. The van der Waals surface area contributed by atoms with Crippen LogP contribution in [0.4, 0.5) is 17.1 Å². The summed E-state index contributed by atoms with van der Waals surface area (Å²) in [6.45, 7) is 6.44. The van der Waals surface area contributed by atoms with Gasteiger partial charge in [0.25, 0.3) is 0 Å². The first-order valence-corrected chi connectivity index (χ1v) is 8.04. The predicted octanol–water partition coefficient (Wildman–Crippen LogP) is 4.26. The van der Waals surface area contributed by atoms with Crippen LogP contribution in [0.2, 0.25) is 0 Å². The van der Waals surface area contributed by atoms with Gasteiger partial charge in [0.05, 0.1) is 0 Å². The third kappa shape index (κ3) is 2.56. The van der Waals surface area contributed by atoms with Crippen LogP contribution >= 0.6 is 9.24 Å². The van der Waals surface area contributed by atoms with Gasteiger partial charge in [-0.15, -0.1) is 9.24 Å². The number of rotatable bonds is 3. The molecular formula is C18H21N2P. The van der Waals surface area contributed by atoms with Crippen LogP contribution in [0, 0.1) is 0 Å². The molecule has 0 spiro atoms. The number of nitrogens with zero attached hydrogens (tertiary/aromatic N) is 1. The smallest absolute Gasteiger partial charge is 0.0465 e. The van der Waals surface area contributed by atoms with Crippen molar-refractivity contribution < 1.29 is 0 Å². The molecule has 1 aliphatic rings. The molecule has 0 bridgehead atoms. The fourth-order valence-corrected chi connectivity index (χ4v) is 3.36. The van der Waals surface area contributed by atoms with Crippen molar-refractivity contribution in [3.8, 4) is 0 Å². The van der Waals surface area contributed by atoms with Gasteiger partial charge in [0.1, 0.15) is 0 Å². The predicted molar refractivity (Wildman–Crippen MR) is 98.0 cm³/mol. The number of hydrogen-bond donors (Lipinski definition) is 1. The summed E-state index contributed by atoms with van der Waals surface area (Å²) >= 11 is 0. The lowest BCUT2D eigenvalue weighted by molar-refractivity contribution is 0.869. The third-order valence-electron chi connectivity index (χ3n) is 4.03. The molecule has 0 fully saturated rings. The van der Waals surface area contributed by atoms with Crippen molar-refractivity contribution in [1.29, 1.82) is 0 Å². The quantitative estimate of drug-likeness (QED) is 0.726. The highest BCUT2D eigenvalue weighted by Crippen LogP contribution is 2.32. The van der Waals surface area contributed by atoms with Gasteiger partial charge in [0, 0.05) is 41.0 Å². The van der Waals surface area contributed by atoms with E-state index < -0.39 is 0 Å². The van der Waals surface area contributed by atoms with Gasteiger partial charge in [0.2, 0.25) is 0 Å². The highest BCUT2D eigenvalue weighted by Gasteiger charge is 2.14. The van der Waals surface area contributed by atoms with Crippen LogP contribution in [-0.4, -0.2) is 13.1 Å². The Kier molecular flexibility index (Phi) is 3.98. The van der Waals surface area contributed by atoms with Crippen LogP contribution in [0.5, 0.6) is 0 Å². The molecule has 1 atom stereocenters. The van der Waals surface area contributed by atoms with Gasteiger partial charge in [-0.3, -0.25) is 0 Å². The van der Waals surface area contributed by atoms with E-state index in [2.05, 4.69) is 81.9 Å². The van der Waals surface area contributed by atoms with E-state index >= 15 is 0 Å². The second-order valence-electron chi connectivity index (χ2n) is 5.18. The van der Waals surface area contributed by atoms with Crippen LogP contribution in [0.15, 0.2) is 36.4 Å². The van der Waals surface area contributed by atoms with Gasteiger partial charge in [-0.05, 0) is 37.6 Å². The van der Waals surface area contributed by atoms with Gasteiger partial charge in [-0.2, -0.15) is 0 Å². The molecule has 0 amide bonds. The molecule has 2 aromatic rings. The molecule has 0 saturated heterocycles. The molecule has 21 heavy (non-hydrogen) atoms. The average molecular weight is 296 g/mol. The standard InChI is InChI=1S/C18H21N2P/c1-3-20(4-2)17-12-11-16-14(18(17)21)10-9-13-7-5-6-8-15(13)19-16/h5-12,19H,3-4,21H2,1-2H3. The van der Waals surface area contributed by atoms with Crippen LogP contribution in [0.3, 0.4) is 0 Å². The Morgan fingerprint density at radius 3 is 2.48 bits per heavy atom. The summed E-state index contributed by atoms with van der Waals surface area (Å²) in [6.07, 6.45) is 4.40. The Hall–Kier alpha value is -1.79. The number of fused-ring (bicyclic) bond motifs is 2. The third-order valence-corrected chi connectivity index (χ3v) is 4.63. The molecule has 1 N–H and O–H groups in total. The van der Waals surface area contributed by atoms with E-state index in [1.165, 1.54) is 22.1 Å². The number of anilines is 3. The van der Waals surface area contributed by atoms with E-state index in [0.717, 1.165) is 24.5 Å². The van der Waals surface area contributed by atoms with Gasteiger partial charge >= 0.3 is 0 Å². The Balaban J connectivity index is 2.10. The summed E-state index contributed by atoms with van der Waals surface area (Å²) in [5.74, 6) is 0. The molecule has 0 radical (unpaired) electrons. The van der Waals surface area contributed by atoms with E-state index in [4.69, 9.17) is 0 Å². The minimum Gasteiger partial charge on any atom is -0.372 e. The number of benzene rings is 2. The lowest BCUT2D eigenvalue weighted by Gasteiger charge is -2.25. The molecule has 1 heterocycles. The molecule has 2 aromatic carbocycles. The molecule has 108 valence electrons. The topological polar surface area (TPSA) is 15.3 Å². The largest absolute Gasteiger partial charge is 0.372 e. The Morgan fingerprint density at radius 1 is 0.952 bits per heavy atom. The highest BCUT2D eigenvalue weighted by molar-refractivity contribution is 7.28. The number of nitrogens with one attached hydrogen (secondary N) is 1. The molecule has 3 rings (SSSR count).